The molecule has 3 aromatic rings. The van der Waals surface area contributed by atoms with E-state index in [-0.39, 0.29) is 36.8 Å². The molecule has 1 atom stereocenters. The Hall–Kier alpha value is -2.45. The Bertz CT molecular complexity index is 932. The molecular formula is C21H26Cl2N6O. The molecule has 1 aromatic heterocycles. The van der Waals surface area contributed by atoms with Crippen molar-refractivity contribution in [3.8, 4) is 11.4 Å². The molecule has 1 unspecified atom stereocenters. The summed E-state index contributed by atoms with van der Waals surface area (Å²) in [5, 5.41) is 10.00. The van der Waals surface area contributed by atoms with Crippen LogP contribution in [0.2, 0.25) is 0 Å². The minimum absolute atomic E-state index is 0. The minimum atomic E-state index is -0.0972. The van der Waals surface area contributed by atoms with Gasteiger partial charge in [-0.05, 0) is 49.2 Å². The van der Waals surface area contributed by atoms with Gasteiger partial charge in [-0.25, -0.2) is 4.98 Å². The molecule has 1 amide bonds. The Morgan fingerprint density at radius 2 is 1.87 bits per heavy atom. The van der Waals surface area contributed by atoms with E-state index in [0.29, 0.717) is 18.2 Å². The van der Waals surface area contributed by atoms with Crippen LogP contribution in [0.1, 0.15) is 24.2 Å². The van der Waals surface area contributed by atoms with Crippen LogP contribution in [0.3, 0.4) is 0 Å². The quantitative estimate of drug-likeness (QED) is 0.536. The van der Waals surface area contributed by atoms with E-state index in [9.17, 15) is 4.79 Å². The predicted molar refractivity (Wildman–Crippen MR) is 123 cm³/mol. The Morgan fingerprint density at radius 3 is 2.53 bits per heavy atom. The van der Waals surface area contributed by atoms with Crippen LogP contribution in [-0.2, 0) is 17.9 Å². The zero-order valence-corrected chi connectivity index (χ0v) is 18.1. The molecule has 0 spiro atoms. The summed E-state index contributed by atoms with van der Waals surface area (Å²) in [5.74, 6) is 1.29. The highest BCUT2D eigenvalue weighted by Gasteiger charge is 2.30. The van der Waals surface area contributed by atoms with Gasteiger partial charge in [-0.1, -0.05) is 30.3 Å². The number of nitrogens with two attached hydrogens (primary N) is 1. The summed E-state index contributed by atoms with van der Waals surface area (Å²) >= 11 is 0. The van der Waals surface area contributed by atoms with Crippen molar-refractivity contribution in [3.05, 3.63) is 66.0 Å². The van der Waals surface area contributed by atoms with Crippen molar-refractivity contribution in [3.63, 3.8) is 0 Å². The third kappa shape index (κ3) is 5.58. The fourth-order valence-electron chi connectivity index (χ4n) is 3.57. The number of nitrogens with zero attached hydrogens (tertiary/aromatic N) is 3. The van der Waals surface area contributed by atoms with Gasteiger partial charge in [0.05, 0.1) is 12.6 Å². The lowest BCUT2D eigenvalue weighted by Gasteiger charge is -2.23. The van der Waals surface area contributed by atoms with Crippen LogP contribution in [0.15, 0.2) is 54.6 Å². The Balaban J connectivity index is 0.00000160. The van der Waals surface area contributed by atoms with Crippen molar-refractivity contribution < 1.29 is 4.79 Å². The summed E-state index contributed by atoms with van der Waals surface area (Å²) in [6.07, 6.45) is 1.92. The van der Waals surface area contributed by atoms with Crippen molar-refractivity contribution in [1.82, 2.24) is 20.1 Å². The molecule has 4 rings (SSSR count). The van der Waals surface area contributed by atoms with Crippen LogP contribution in [0.4, 0.5) is 5.69 Å². The molecule has 1 fully saturated rings. The first kappa shape index (κ1) is 23.8. The van der Waals surface area contributed by atoms with Crippen molar-refractivity contribution in [2.24, 2.45) is 5.73 Å². The number of hydrogen-bond acceptors (Lipinski definition) is 5. The standard InChI is InChI=1S/C21H24N6O.2ClH/c22-13-19-24-20(26-25-19)16-8-10-17(11-9-16)23-21(28)18-7-4-12-27(18)14-15-5-2-1-3-6-15;;/h1-3,5-6,8-11,18H,4,7,12-14,22H2,(H,23,28)(H,24,25,26);2*1H. The summed E-state index contributed by atoms with van der Waals surface area (Å²) in [5.41, 5.74) is 8.43. The Kier molecular flexibility index (Phi) is 8.80. The number of carbonyl (C=O) groups is 1. The van der Waals surface area contributed by atoms with Gasteiger partial charge in [0.15, 0.2) is 5.82 Å². The molecule has 1 aliphatic heterocycles. The van der Waals surface area contributed by atoms with Gasteiger partial charge >= 0.3 is 0 Å². The zero-order chi connectivity index (χ0) is 19.3. The topological polar surface area (TPSA) is 99.9 Å². The zero-order valence-electron chi connectivity index (χ0n) is 16.5. The van der Waals surface area contributed by atoms with Gasteiger partial charge in [-0.3, -0.25) is 14.8 Å². The molecule has 160 valence electrons. The normalized spacial score (nSPS) is 15.8. The molecule has 0 aliphatic carbocycles. The second kappa shape index (κ2) is 11.1. The lowest BCUT2D eigenvalue weighted by atomic mass is 10.1. The largest absolute Gasteiger partial charge is 0.325 e. The first-order chi connectivity index (χ1) is 13.7. The molecule has 9 heteroatoms. The number of amides is 1. The number of nitrogens with one attached hydrogen (secondary N) is 2. The van der Waals surface area contributed by atoms with Gasteiger partial charge in [0.25, 0.3) is 0 Å². The summed E-state index contributed by atoms with van der Waals surface area (Å²) in [6, 6.07) is 17.7. The number of H-pyrrole nitrogens is 1. The monoisotopic (exact) mass is 448 g/mol. The molecule has 7 nitrogen and oxygen atoms in total. The number of carbonyl (C=O) groups excluding carboxylic acids is 1. The van der Waals surface area contributed by atoms with Gasteiger partial charge in [0, 0.05) is 17.8 Å². The highest BCUT2D eigenvalue weighted by atomic mass is 35.5. The van der Waals surface area contributed by atoms with Gasteiger partial charge in [-0.2, -0.15) is 5.10 Å². The van der Waals surface area contributed by atoms with Crippen LogP contribution in [-0.4, -0.2) is 38.6 Å². The number of anilines is 1. The molecule has 0 radical (unpaired) electrons. The van der Waals surface area contributed by atoms with Gasteiger partial charge in [0.2, 0.25) is 5.91 Å². The Morgan fingerprint density at radius 1 is 1.13 bits per heavy atom. The highest BCUT2D eigenvalue weighted by molar-refractivity contribution is 5.95. The molecule has 0 bridgehead atoms. The SMILES string of the molecule is Cl.Cl.NCc1nc(-c2ccc(NC(=O)C3CCCN3Cc3ccccc3)cc2)n[nH]1. The maximum absolute atomic E-state index is 12.8. The first-order valence-corrected chi connectivity index (χ1v) is 9.53. The first-order valence-electron chi connectivity index (χ1n) is 9.53. The van der Waals surface area contributed by atoms with E-state index in [1.54, 1.807) is 0 Å². The molecule has 2 heterocycles. The van der Waals surface area contributed by atoms with Crippen LogP contribution in [0.25, 0.3) is 11.4 Å². The Labute approximate surface area is 188 Å². The molecule has 30 heavy (non-hydrogen) atoms. The molecule has 2 aromatic carbocycles. The van der Waals surface area contributed by atoms with E-state index < -0.39 is 0 Å². The second-order valence-corrected chi connectivity index (χ2v) is 6.99. The number of halogens is 2. The maximum Gasteiger partial charge on any atom is 0.241 e. The third-order valence-electron chi connectivity index (χ3n) is 5.03. The lowest BCUT2D eigenvalue weighted by Crippen LogP contribution is -2.39. The van der Waals surface area contributed by atoms with E-state index in [4.69, 9.17) is 5.73 Å². The second-order valence-electron chi connectivity index (χ2n) is 6.99. The number of likely N-dealkylation sites (tertiary alicyclic amines) is 1. The van der Waals surface area contributed by atoms with Crippen LogP contribution in [0, 0.1) is 0 Å². The van der Waals surface area contributed by atoms with E-state index in [1.807, 2.05) is 42.5 Å². The summed E-state index contributed by atoms with van der Waals surface area (Å²) in [7, 11) is 0. The van der Waals surface area contributed by atoms with E-state index in [2.05, 4.69) is 37.5 Å². The number of hydrogen-bond donors (Lipinski definition) is 3. The van der Waals surface area contributed by atoms with E-state index >= 15 is 0 Å². The molecule has 4 N–H and O–H groups in total. The van der Waals surface area contributed by atoms with Crippen LogP contribution < -0.4 is 11.1 Å². The molecule has 1 aliphatic rings. The minimum Gasteiger partial charge on any atom is -0.325 e. The number of aromatic nitrogens is 3. The van der Waals surface area contributed by atoms with Crippen molar-refractivity contribution in [2.45, 2.75) is 32.0 Å². The fourth-order valence-corrected chi connectivity index (χ4v) is 3.57. The molecular weight excluding hydrogens is 423 g/mol. The maximum atomic E-state index is 12.8. The lowest BCUT2D eigenvalue weighted by molar-refractivity contribution is -0.120. The highest BCUT2D eigenvalue weighted by Crippen LogP contribution is 2.23. The van der Waals surface area contributed by atoms with Gasteiger partial charge < -0.3 is 11.1 Å². The number of rotatable bonds is 6. The van der Waals surface area contributed by atoms with Crippen molar-refractivity contribution >= 4 is 36.4 Å². The van der Waals surface area contributed by atoms with Crippen molar-refractivity contribution in [2.75, 3.05) is 11.9 Å². The van der Waals surface area contributed by atoms with Gasteiger partial charge in [-0.15, -0.1) is 24.8 Å². The van der Waals surface area contributed by atoms with Gasteiger partial charge in [0.1, 0.15) is 5.82 Å². The molecule has 0 saturated carbocycles. The summed E-state index contributed by atoms with van der Waals surface area (Å²) < 4.78 is 0. The molecule has 1 saturated heterocycles. The fraction of sp³-hybridized carbons (Fsp3) is 0.286. The van der Waals surface area contributed by atoms with Crippen LogP contribution >= 0.6 is 24.8 Å². The summed E-state index contributed by atoms with van der Waals surface area (Å²) in [6.45, 7) is 2.06. The number of benzene rings is 2. The average Bonchev–Trinajstić information content (AvgIpc) is 3.39. The van der Waals surface area contributed by atoms with Crippen LogP contribution in [0.5, 0.6) is 0 Å². The third-order valence-corrected chi connectivity index (χ3v) is 5.03. The van der Waals surface area contributed by atoms with E-state index in [0.717, 1.165) is 37.2 Å². The smallest absolute Gasteiger partial charge is 0.241 e. The average molecular weight is 449 g/mol. The van der Waals surface area contributed by atoms with Crippen molar-refractivity contribution in [1.29, 1.82) is 0 Å². The predicted octanol–water partition coefficient (Wildman–Crippen LogP) is 3.38. The number of aromatic amines is 1. The van der Waals surface area contributed by atoms with E-state index in [1.165, 1.54) is 5.56 Å². The summed E-state index contributed by atoms with van der Waals surface area (Å²) in [4.78, 5) is 19.4.